The number of fused-ring (bicyclic) bond motifs is 1. The summed E-state index contributed by atoms with van der Waals surface area (Å²) in [4.78, 5) is 34.0. The molecule has 4 heterocycles. The minimum absolute atomic E-state index is 0.0831. The van der Waals surface area contributed by atoms with Crippen LogP contribution in [0.5, 0.6) is 0 Å². The number of nitrogens with zero attached hydrogens (tertiary/aromatic N) is 5. The Morgan fingerprint density at radius 3 is 2.69 bits per heavy atom. The van der Waals surface area contributed by atoms with Gasteiger partial charge in [-0.2, -0.15) is 5.10 Å². The lowest BCUT2D eigenvalue weighted by atomic mass is 10.1. The first-order valence-electron chi connectivity index (χ1n) is 12.5. The van der Waals surface area contributed by atoms with Crippen LogP contribution >= 0.6 is 11.3 Å². The maximum Gasteiger partial charge on any atom is 0.268 e. The van der Waals surface area contributed by atoms with E-state index in [0.29, 0.717) is 34.2 Å². The van der Waals surface area contributed by atoms with Crippen LogP contribution in [0.3, 0.4) is 0 Å². The number of benzene rings is 1. The minimum Gasteiger partial charge on any atom is -0.354 e. The topological polar surface area (TPSA) is 84.5 Å². The number of carbonyl (C=O) groups excluding carboxylic acids is 1. The fourth-order valence-electron chi connectivity index (χ4n) is 4.91. The van der Waals surface area contributed by atoms with Crippen molar-refractivity contribution in [3.8, 4) is 16.9 Å². The molecule has 1 N–H and O–H groups in total. The Morgan fingerprint density at radius 2 is 1.92 bits per heavy atom. The van der Waals surface area contributed by atoms with Gasteiger partial charge in [0.25, 0.3) is 5.56 Å². The van der Waals surface area contributed by atoms with Gasteiger partial charge in [0.05, 0.1) is 23.4 Å². The van der Waals surface area contributed by atoms with Crippen molar-refractivity contribution in [1.29, 1.82) is 0 Å². The van der Waals surface area contributed by atoms with Crippen LogP contribution in [-0.4, -0.2) is 56.2 Å². The van der Waals surface area contributed by atoms with Crippen LogP contribution < -0.4 is 10.9 Å². The van der Waals surface area contributed by atoms with Gasteiger partial charge in [-0.1, -0.05) is 18.6 Å². The average molecular weight is 505 g/mol. The Hall–Kier alpha value is -3.30. The molecule has 8 nitrogen and oxygen atoms in total. The van der Waals surface area contributed by atoms with Crippen LogP contribution in [0.4, 0.5) is 0 Å². The van der Waals surface area contributed by atoms with Gasteiger partial charge < -0.3 is 10.2 Å². The van der Waals surface area contributed by atoms with Gasteiger partial charge in [0, 0.05) is 29.9 Å². The number of hydrogen-bond acceptors (Lipinski definition) is 6. The van der Waals surface area contributed by atoms with E-state index in [9.17, 15) is 9.59 Å². The molecule has 188 valence electrons. The van der Waals surface area contributed by atoms with Crippen molar-refractivity contribution >= 4 is 22.2 Å². The molecule has 4 aromatic rings. The second-order valence-electron chi connectivity index (χ2n) is 9.57. The average Bonchev–Trinajstić information content (AvgIpc) is 3.43. The second kappa shape index (κ2) is 10.4. The highest BCUT2D eigenvalue weighted by Crippen LogP contribution is 2.24. The number of aromatic nitrogens is 4. The maximum absolute atomic E-state index is 13.7. The molecule has 1 aromatic carbocycles. The van der Waals surface area contributed by atoms with Crippen molar-refractivity contribution < 1.29 is 4.79 Å². The number of thiazole rings is 1. The molecule has 36 heavy (non-hydrogen) atoms. The van der Waals surface area contributed by atoms with Crippen LogP contribution in [0.15, 0.2) is 40.5 Å². The van der Waals surface area contributed by atoms with Crippen molar-refractivity contribution in [3.63, 3.8) is 0 Å². The Kier molecular flexibility index (Phi) is 7.02. The highest BCUT2D eigenvalue weighted by atomic mass is 32.1. The quantitative estimate of drug-likeness (QED) is 0.415. The summed E-state index contributed by atoms with van der Waals surface area (Å²) in [5, 5.41) is 9.63. The maximum atomic E-state index is 13.7. The van der Waals surface area contributed by atoms with Gasteiger partial charge >= 0.3 is 0 Å². The number of hydrogen-bond donors (Lipinski definition) is 1. The third-order valence-electron chi connectivity index (χ3n) is 6.75. The van der Waals surface area contributed by atoms with Gasteiger partial charge in [0.15, 0.2) is 4.96 Å². The largest absolute Gasteiger partial charge is 0.354 e. The van der Waals surface area contributed by atoms with Crippen molar-refractivity contribution in [2.75, 3.05) is 26.2 Å². The molecule has 0 bridgehead atoms. The van der Waals surface area contributed by atoms with Crippen molar-refractivity contribution in [3.05, 3.63) is 68.7 Å². The summed E-state index contributed by atoms with van der Waals surface area (Å²) in [6, 6.07) is 10.0. The molecule has 1 fully saturated rings. The zero-order chi connectivity index (χ0) is 25.2. The molecule has 5 rings (SSSR count). The molecule has 0 saturated carbocycles. The first-order chi connectivity index (χ1) is 17.4. The van der Waals surface area contributed by atoms with Gasteiger partial charge in [0.1, 0.15) is 5.69 Å². The van der Waals surface area contributed by atoms with E-state index in [1.807, 2.05) is 55.1 Å². The van der Waals surface area contributed by atoms with Crippen LogP contribution in [0.1, 0.15) is 41.9 Å². The van der Waals surface area contributed by atoms with E-state index in [4.69, 9.17) is 5.10 Å². The Balaban J connectivity index is 1.39. The van der Waals surface area contributed by atoms with Crippen LogP contribution in [0.25, 0.3) is 21.9 Å². The molecule has 0 atom stereocenters. The first kappa shape index (κ1) is 24.4. The molecule has 0 aliphatic carbocycles. The van der Waals surface area contributed by atoms with Crippen LogP contribution in [0, 0.1) is 20.8 Å². The number of rotatable bonds is 7. The van der Waals surface area contributed by atoms with Crippen LogP contribution in [-0.2, 0) is 11.2 Å². The van der Waals surface area contributed by atoms with Gasteiger partial charge in [-0.25, -0.2) is 9.67 Å². The molecule has 0 radical (unpaired) electrons. The van der Waals surface area contributed by atoms with E-state index in [2.05, 4.69) is 21.3 Å². The normalized spacial score (nSPS) is 14.4. The highest BCUT2D eigenvalue weighted by molar-refractivity contribution is 7.15. The van der Waals surface area contributed by atoms with E-state index in [0.717, 1.165) is 36.6 Å². The lowest BCUT2D eigenvalue weighted by molar-refractivity contribution is -0.120. The fraction of sp³-hybridized carbons (Fsp3) is 0.407. The van der Waals surface area contributed by atoms with E-state index >= 15 is 0 Å². The van der Waals surface area contributed by atoms with E-state index in [1.165, 1.54) is 30.6 Å². The smallest absolute Gasteiger partial charge is 0.268 e. The molecular formula is C27H32N6O2S. The van der Waals surface area contributed by atoms with Gasteiger partial charge in [-0.3, -0.25) is 14.0 Å². The number of piperidine rings is 1. The molecule has 0 spiro atoms. The standard InChI is InChI=1S/C27H32N6O2S/c1-18-8-7-9-21(14-18)33-19(2)15-23(30-33)25-20(3)29-27-32(26(25)35)22(17-36-27)16-24(34)28-10-13-31-11-5-4-6-12-31/h7-9,14-15,17H,4-6,10-13,16H2,1-3H3,(H,28,34). The molecule has 1 aliphatic heterocycles. The number of likely N-dealkylation sites (tertiary alicyclic amines) is 1. The zero-order valence-corrected chi connectivity index (χ0v) is 21.9. The third kappa shape index (κ3) is 4.99. The lowest BCUT2D eigenvalue weighted by Crippen LogP contribution is -2.38. The van der Waals surface area contributed by atoms with Gasteiger partial charge in [-0.15, -0.1) is 11.3 Å². The monoisotopic (exact) mass is 504 g/mol. The predicted molar refractivity (Wildman–Crippen MR) is 143 cm³/mol. The Labute approximate surface area is 214 Å². The molecule has 3 aromatic heterocycles. The second-order valence-corrected chi connectivity index (χ2v) is 10.4. The predicted octanol–water partition coefficient (Wildman–Crippen LogP) is 3.68. The number of aryl methyl sites for hydroxylation is 3. The summed E-state index contributed by atoms with van der Waals surface area (Å²) in [7, 11) is 0. The SMILES string of the molecule is Cc1cccc(-n2nc(-c3c(C)nc4scc(CC(=O)NCCN5CCCCC5)n4c3=O)cc2C)c1. The summed E-state index contributed by atoms with van der Waals surface area (Å²) in [6.45, 7) is 9.55. The number of nitrogens with one attached hydrogen (secondary N) is 1. The molecule has 1 amide bonds. The summed E-state index contributed by atoms with van der Waals surface area (Å²) in [6.07, 6.45) is 3.90. The fourth-order valence-corrected chi connectivity index (χ4v) is 5.83. The molecule has 9 heteroatoms. The highest BCUT2D eigenvalue weighted by Gasteiger charge is 2.20. The first-order valence-corrected chi connectivity index (χ1v) is 13.4. The summed E-state index contributed by atoms with van der Waals surface area (Å²) in [5.74, 6) is -0.0831. The van der Waals surface area contributed by atoms with E-state index in [-0.39, 0.29) is 17.9 Å². The molecule has 1 saturated heterocycles. The van der Waals surface area contributed by atoms with Crippen molar-refractivity contribution in [2.45, 2.75) is 46.5 Å². The Morgan fingerprint density at radius 1 is 1.11 bits per heavy atom. The molecule has 0 unspecified atom stereocenters. The number of carbonyl (C=O) groups is 1. The zero-order valence-electron chi connectivity index (χ0n) is 21.1. The molecule has 1 aliphatic rings. The van der Waals surface area contributed by atoms with Gasteiger partial charge in [0.2, 0.25) is 5.91 Å². The van der Waals surface area contributed by atoms with Gasteiger partial charge in [-0.05, 0) is 70.5 Å². The van der Waals surface area contributed by atoms with Crippen molar-refractivity contribution in [1.82, 2.24) is 29.4 Å². The van der Waals surface area contributed by atoms with E-state index in [1.54, 1.807) is 4.40 Å². The summed E-state index contributed by atoms with van der Waals surface area (Å²) in [5.41, 5.74) is 5.16. The van der Waals surface area contributed by atoms with Crippen LogP contribution in [0.2, 0.25) is 0 Å². The lowest BCUT2D eigenvalue weighted by Gasteiger charge is -2.26. The number of amides is 1. The Bertz CT molecular complexity index is 1460. The third-order valence-corrected chi connectivity index (χ3v) is 7.63. The van der Waals surface area contributed by atoms with E-state index < -0.39 is 0 Å². The minimum atomic E-state index is -0.191. The van der Waals surface area contributed by atoms with Crippen molar-refractivity contribution in [2.24, 2.45) is 0 Å². The molecular weight excluding hydrogens is 472 g/mol. The summed E-state index contributed by atoms with van der Waals surface area (Å²) < 4.78 is 3.42. The summed E-state index contributed by atoms with van der Waals surface area (Å²) >= 11 is 1.38.